The maximum Gasteiger partial charge on any atom is 0.122 e. The molecule has 0 unspecified atom stereocenters. The predicted molar refractivity (Wildman–Crippen MR) is 181 cm³/mol. The van der Waals surface area contributed by atoms with Crippen LogP contribution in [0.2, 0.25) is 0 Å². The number of allylic oxidation sites excluding steroid dienone is 10. The summed E-state index contributed by atoms with van der Waals surface area (Å²) in [6.07, 6.45) is 26.6. The highest BCUT2D eigenvalue weighted by Crippen LogP contribution is 2.29. The third-order valence-corrected chi connectivity index (χ3v) is 7.48. The third kappa shape index (κ3) is 7.72. The second kappa shape index (κ2) is 14.9. The summed E-state index contributed by atoms with van der Waals surface area (Å²) in [4.78, 5) is 4.87. The molecule has 0 fully saturated rings. The number of pyridine rings is 1. The van der Waals surface area contributed by atoms with Crippen molar-refractivity contribution in [3.05, 3.63) is 148 Å². The standard InChI is InChI=1S/C39H40N4/c1-4-6-7-8-9-13-21-32(17-5-2)34-23-15-14-22-33-25-26-35(28-36(33)27-34)38-39(37-24-16-18-30(3)40-37)43(42-41-38)29-31-19-11-10-12-20-31/h4-6,10-12,14-28H,7-9,13,29H2,1-3H3/b6-4+,15-14+,17-5-,22-14?,23-15?,32-21+,33-22+,34-23+,34-27?,36-27?. The van der Waals surface area contributed by atoms with Crippen molar-refractivity contribution < 1.29 is 0 Å². The number of rotatable bonds is 11. The first-order valence-electron chi connectivity index (χ1n) is 15.2. The van der Waals surface area contributed by atoms with Crippen molar-refractivity contribution in [2.75, 3.05) is 0 Å². The fourth-order valence-corrected chi connectivity index (χ4v) is 5.31. The van der Waals surface area contributed by atoms with E-state index in [1.807, 2.05) is 35.9 Å². The van der Waals surface area contributed by atoms with Crippen LogP contribution in [0.3, 0.4) is 0 Å². The van der Waals surface area contributed by atoms with Crippen molar-refractivity contribution in [3.8, 4) is 22.6 Å². The number of aryl methyl sites for hydroxylation is 1. The van der Waals surface area contributed by atoms with Crippen LogP contribution in [0, 0.1) is 6.92 Å². The topological polar surface area (TPSA) is 43.6 Å². The summed E-state index contributed by atoms with van der Waals surface area (Å²) < 4.78 is 1.97. The highest BCUT2D eigenvalue weighted by Gasteiger charge is 2.18. The highest BCUT2D eigenvalue weighted by atomic mass is 15.4. The van der Waals surface area contributed by atoms with E-state index in [4.69, 9.17) is 10.1 Å². The molecule has 0 spiro atoms. The molecule has 0 atom stereocenters. The van der Waals surface area contributed by atoms with Crippen LogP contribution in [0.1, 0.15) is 50.8 Å². The molecule has 0 aliphatic heterocycles. The number of fused-ring (bicyclic) bond motifs is 1. The Morgan fingerprint density at radius 2 is 1.67 bits per heavy atom. The van der Waals surface area contributed by atoms with E-state index in [1.165, 1.54) is 34.8 Å². The van der Waals surface area contributed by atoms with Gasteiger partial charge in [0.15, 0.2) is 0 Å². The molecule has 0 saturated carbocycles. The van der Waals surface area contributed by atoms with E-state index in [0.29, 0.717) is 6.54 Å². The molecule has 4 nitrogen and oxygen atoms in total. The number of hydrogen-bond donors (Lipinski definition) is 0. The second-order valence-corrected chi connectivity index (χ2v) is 10.8. The summed E-state index contributed by atoms with van der Waals surface area (Å²) >= 11 is 0. The Bertz CT molecular complexity index is 1810. The number of benzene rings is 2. The Morgan fingerprint density at radius 3 is 2.49 bits per heavy atom. The van der Waals surface area contributed by atoms with Gasteiger partial charge < -0.3 is 0 Å². The Kier molecular flexibility index (Phi) is 10.3. The molecule has 1 aliphatic rings. The lowest BCUT2D eigenvalue weighted by Crippen LogP contribution is -2.25. The zero-order chi connectivity index (χ0) is 29.9. The van der Waals surface area contributed by atoms with E-state index in [9.17, 15) is 0 Å². The number of unbranched alkanes of at least 4 members (excludes halogenated alkanes) is 3. The molecule has 0 saturated heterocycles. The van der Waals surface area contributed by atoms with E-state index in [1.54, 1.807) is 0 Å². The van der Waals surface area contributed by atoms with Crippen molar-refractivity contribution in [2.45, 2.75) is 53.0 Å². The molecule has 2 heterocycles. The van der Waals surface area contributed by atoms with Gasteiger partial charge in [0, 0.05) is 11.3 Å². The van der Waals surface area contributed by atoms with Crippen molar-refractivity contribution in [2.24, 2.45) is 0 Å². The SMILES string of the molecule is C\C=C/C(=C\CCCC/C=C/C)C1=C/C=C/C=c2\ccc(-c3nnn(Cc4ccccc4)c3-c3cccc(C)n3)cc2=C\1. The van der Waals surface area contributed by atoms with Crippen LogP contribution in [0.5, 0.6) is 0 Å². The van der Waals surface area contributed by atoms with E-state index in [-0.39, 0.29) is 0 Å². The summed E-state index contributed by atoms with van der Waals surface area (Å²) in [5.74, 6) is 0. The van der Waals surface area contributed by atoms with Crippen LogP contribution < -0.4 is 10.4 Å². The molecular formula is C39H40N4. The number of aromatic nitrogens is 4. The maximum absolute atomic E-state index is 4.87. The Hall–Kier alpha value is -4.83. The molecule has 2 aromatic carbocycles. The van der Waals surface area contributed by atoms with E-state index in [0.717, 1.165) is 46.4 Å². The van der Waals surface area contributed by atoms with Crippen LogP contribution >= 0.6 is 0 Å². The van der Waals surface area contributed by atoms with Crippen molar-refractivity contribution >= 4 is 12.2 Å². The molecule has 2 aromatic heterocycles. The molecule has 216 valence electrons. The molecule has 0 radical (unpaired) electrons. The first-order valence-corrected chi connectivity index (χ1v) is 15.2. The van der Waals surface area contributed by atoms with Gasteiger partial charge in [0.2, 0.25) is 0 Å². The first-order chi connectivity index (χ1) is 21.2. The van der Waals surface area contributed by atoms with Crippen molar-refractivity contribution in [1.82, 2.24) is 20.0 Å². The fourth-order valence-electron chi connectivity index (χ4n) is 5.31. The Morgan fingerprint density at radius 1 is 0.837 bits per heavy atom. The van der Waals surface area contributed by atoms with Crippen LogP contribution in [-0.4, -0.2) is 20.0 Å². The van der Waals surface area contributed by atoms with Gasteiger partial charge in [0.05, 0.1) is 12.2 Å². The van der Waals surface area contributed by atoms with Crippen LogP contribution in [0.15, 0.2) is 126 Å². The minimum atomic E-state index is 0.619. The Labute approximate surface area is 255 Å². The molecular weight excluding hydrogens is 524 g/mol. The lowest BCUT2D eigenvalue weighted by Gasteiger charge is -2.10. The monoisotopic (exact) mass is 564 g/mol. The molecule has 1 aliphatic carbocycles. The summed E-state index contributed by atoms with van der Waals surface area (Å²) in [5.41, 5.74) is 8.21. The van der Waals surface area contributed by atoms with Gasteiger partial charge in [-0.2, -0.15) is 0 Å². The average Bonchev–Trinajstić information content (AvgIpc) is 3.42. The van der Waals surface area contributed by atoms with Crippen LogP contribution in [0.4, 0.5) is 0 Å². The zero-order valence-corrected chi connectivity index (χ0v) is 25.4. The van der Waals surface area contributed by atoms with Gasteiger partial charge in [-0.15, -0.1) is 5.10 Å². The van der Waals surface area contributed by atoms with E-state index >= 15 is 0 Å². The summed E-state index contributed by atoms with van der Waals surface area (Å²) in [6, 6.07) is 23.0. The summed E-state index contributed by atoms with van der Waals surface area (Å²) in [7, 11) is 0. The normalized spacial score (nSPS) is 16.1. The number of hydrogen-bond acceptors (Lipinski definition) is 3. The van der Waals surface area contributed by atoms with Gasteiger partial charge in [0.25, 0.3) is 0 Å². The van der Waals surface area contributed by atoms with E-state index in [2.05, 4.69) is 122 Å². The lowest BCUT2D eigenvalue weighted by molar-refractivity contribution is 0.654. The maximum atomic E-state index is 4.87. The van der Waals surface area contributed by atoms with Gasteiger partial charge in [-0.1, -0.05) is 108 Å². The predicted octanol–water partition coefficient (Wildman–Crippen LogP) is 8.06. The quantitative estimate of drug-likeness (QED) is 0.105. The number of nitrogens with zero attached hydrogens (tertiary/aromatic N) is 4. The van der Waals surface area contributed by atoms with Gasteiger partial charge in [0.1, 0.15) is 11.4 Å². The highest BCUT2D eigenvalue weighted by molar-refractivity contribution is 5.77. The molecule has 5 rings (SSSR count). The smallest absolute Gasteiger partial charge is 0.122 e. The lowest BCUT2D eigenvalue weighted by atomic mass is 9.98. The van der Waals surface area contributed by atoms with E-state index < -0.39 is 0 Å². The van der Waals surface area contributed by atoms with Gasteiger partial charge in [-0.3, -0.25) is 4.98 Å². The van der Waals surface area contributed by atoms with Crippen molar-refractivity contribution in [3.63, 3.8) is 0 Å². The average molecular weight is 565 g/mol. The fraction of sp³-hybridized carbons (Fsp3) is 0.205. The third-order valence-electron chi connectivity index (χ3n) is 7.48. The minimum absolute atomic E-state index is 0.619. The Balaban J connectivity index is 1.56. The molecule has 0 bridgehead atoms. The van der Waals surface area contributed by atoms with Gasteiger partial charge in [-0.25, -0.2) is 4.68 Å². The molecule has 0 N–H and O–H groups in total. The van der Waals surface area contributed by atoms with Gasteiger partial charge >= 0.3 is 0 Å². The second-order valence-electron chi connectivity index (χ2n) is 10.8. The molecule has 4 aromatic rings. The summed E-state index contributed by atoms with van der Waals surface area (Å²) in [6.45, 7) is 6.80. The summed E-state index contributed by atoms with van der Waals surface area (Å²) in [5, 5.41) is 11.7. The molecule has 43 heavy (non-hydrogen) atoms. The van der Waals surface area contributed by atoms with Crippen LogP contribution in [-0.2, 0) is 6.54 Å². The largest absolute Gasteiger partial charge is 0.251 e. The molecule has 0 amide bonds. The zero-order valence-electron chi connectivity index (χ0n) is 25.4. The van der Waals surface area contributed by atoms with Crippen molar-refractivity contribution in [1.29, 1.82) is 0 Å². The molecule has 4 heteroatoms. The first kappa shape index (κ1) is 29.7. The van der Waals surface area contributed by atoms with Crippen LogP contribution in [0.25, 0.3) is 34.8 Å². The van der Waals surface area contributed by atoms with Gasteiger partial charge in [-0.05, 0) is 97.9 Å². The minimum Gasteiger partial charge on any atom is -0.251 e.